The number of carbonyl (C=O) groups is 1. The molecule has 0 spiro atoms. The van der Waals surface area contributed by atoms with Crippen LogP contribution in [0.5, 0.6) is 0 Å². The Bertz CT molecular complexity index is 820. The summed E-state index contributed by atoms with van der Waals surface area (Å²) in [5.41, 5.74) is 1.87. The number of carbonyl (C=O) groups excluding carboxylic acids is 1. The molecule has 0 bridgehead atoms. The standard InChI is InChI=1S/C17H12ClFN2OS/c18-14-7-2-1-5-12(14)9-15-16(22)21-17(20-15)23-10-11-4-3-6-13(19)8-11/h1-9H,10H2,(H,20,21,22). The van der Waals surface area contributed by atoms with Gasteiger partial charge in [-0.3, -0.25) is 10.1 Å². The molecule has 2 aromatic carbocycles. The molecule has 0 aliphatic carbocycles. The summed E-state index contributed by atoms with van der Waals surface area (Å²) >= 11 is 7.42. The van der Waals surface area contributed by atoms with Crippen molar-refractivity contribution in [2.45, 2.75) is 5.75 Å². The Balaban J connectivity index is 1.73. The Morgan fingerprint density at radius 1 is 1.22 bits per heavy atom. The maximum Gasteiger partial charge on any atom is 0.275 e. The van der Waals surface area contributed by atoms with Crippen molar-refractivity contribution in [2.24, 2.45) is 4.99 Å². The molecule has 0 atom stereocenters. The van der Waals surface area contributed by atoms with Gasteiger partial charge in [0.1, 0.15) is 11.5 Å². The topological polar surface area (TPSA) is 41.5 Å². The molecule has 116 valence electrons. The number of thioether (sulfide) groups is 1. The summed E-state index contributed by atoms with van der Waals surface area (Å²) < 4.78 is 13.1. The van der Waals surface area contributed by atoms with E-state index in [1.54, 1.807) is 18.2 Å². The van der Waals surface area contributed by atoms with E-state index in [1.165, 1.54) is 23.9 Å². The van der Waals surface area contributed by atoms with E-state index in [2.05, 4.69) is 10.3 Å². The summed E-state index contributed by atoms with van der Waals surface area (Å²) in [5, 5.41) is 3.75. The monoisotopic (exact) mass is 346 g/mol. The van der Waals surface area contributed by atoms with Crippen LogP contribution in [0.1, 0.15) is 11.1 Å². The Hall–Kier alpha value is -2.11. The number of halogens is 2. The number of nitrogens with zero attached hydrogens (tertiary/aromatic N) is 1. The molecule has 0 unspecified atom stereocenters. The van der Waals surface area contributed by atoms with Crippen LogP contribution in [0.15, 0.2) is 59.2 Å². The molecule has 3 nitrogen and oxygen atoms in total. The van der Waals surface area contributed by atoms with Gasteiger partial charge in [-0.15, -0.1) is 0 Å². The van der Waals surface area contributed by atoms with Crippen LogP contribution in [-0.2, 0) is 10.5 Å². The molecule has 1 aliphatic heterocycles. The highest BCUT2D eigenvalue weighted by molar-refractivity contribution is 8.13. The Morgan fingerprint density at radius 3 is 2.83 bits per heavy atom. The second-order valence-corrected chi connectivity index (χ2v) is 6.21. The minimum atomic E-state index is -0.278. The third kappa shape index (κ3) is 4.00. The number of nitrogens with one attached hydrogen (secondary N) is 1. The third-order valence-corrected chi connectivity index (χ3v) is 4.43. The van der Waals surface area contributed by atoms with E-state index in [0.29, 0.717) is 21.6 Å². The van der Waals surface area contributed by atoms with Crippen LogP contribution in [-0.4, -0.2) is 11.1 Å². The number of amides is 1. The molecule has 23 heavy (non-hydrogen) atoms. The van der Waals surface area contributed by atoms with Crippen LogP contribution in [0.25, 0.3) is 6.08 Å². The quantitative estimate of drug-likeness (QED) is 0.844. The minimum absolute atomic E-state index is 0.272. The zero-order valence-corrected chi connectivity index (χ0v) is 13.5. The van der Waals surface area contributed by atoms with Crippen molar-refractivity contribution in [3.05, 3.63) is 76.2 Å². The number of rotatable bonds is 3. The molecule has 1 heterocycles. The lowest BCUT2D eigenvalue weighted by Crippen LogP contribution is -2.21. The molecule has 1 N–H and O–H groups in total. The zero-order chi connectivity index (χ0) is 16.2. The fourth-order valence-corrected chi connectivity index (χ4v) is 3.03. The van der Waals surface area contributed by atoms with Gasteiger partial charge in [0.2, 0.25) is 0 Å². The molecule has 6 heteroatoms. The Morgan fingerprint density at radius 2 is 2.04 bits per heavy atom. The summed E-state index contributed by atoms with van der Waals surface area (Å²) in [7, 11) is 0. The molecule has 0 aromatic heterocycles. The van der Waals surface area contributed by atoms with Gasteiger partial charge < -0.3 is 0 Å². The smallest absolute Gasteiger partial charge is 0.275 e. The normalized spacial score (nSPS) is 15.7. The molecule has 1 aliphatic rings. The van der Waals surface area contributed by atoms with Crippen LogP contribution in [0.2, 0.25) is 5.02 Å². The minimum Gasteiger partial charge on any atom is -0.300 e. The summed E-state index contributed by atoms with van der Waals surface area (Å²) in [5.74, 6) is -0.0255. The number of aliphatic imine (C=N–C) groups is 1. The fourth-order valence-electron chi connectivity index (χ4n) is 2.03. The largest absolute Gasteiger partial charge is 0.300 e. The lowest BCUT2D eigenvalue weighted by atomic mass is 10.2. The summed E-state index contributed by atoms with van der Waals surface area (Å²) in [6.45, 7) is 0. The first-order valence-corrected chi connectivity index (χ1v) is 8.22. The number of hydrogen-bond donors (Lipinski definition) is 1. The molecule has 0 fully saturated rings. The second-order valence-electron chi connectivity index (χ2n) is 4.84. The summed E-state index contributed by atoms with van der Waals surface area (Å²) in [6, 6.07) is 13.6. The van der Waals surface area contributed by atoms with Gasteiger partial charge in [-0.1, -0.05) is 53.7 Å². The molecule has 0 saturated heterocycles. The number of amidine groups is 1. The van der Waals surface area contributed by atoms with Crippen molar-refractivity contribution in [1.82, 2.24) is 5.32 Å². The van der Waals surface area contributed by atoms with E-state index in [9.17, 15) is 9.18 Å². The summed E-state index contributed by atoms with van der Waals surface area (Å²) in [6.07, 6.45) is 1.65. The van der Waals surface area contributed by atoms with Gasteiger partial charge in [0.05, 0.1) is 0 Å². The maximum absolute atomic E-state index is 13.1. The molecular weight excluding hydrogens is 335 g/mol. The van der Waals surface area contributed by atoms with E-state index in [-0.39, 0.29) is 11.7 Å². The van der Waals surface area contributed by atoms with Gasteiger partial charge in [0.15, 0.2) is 5.17 Å². The van der Waals surface area contributed by atoms with Crippen LogP contribution < -0.4 is 5.32 Å². The van der Waals surface area contributed by atoms with Crippen molar-refractivity contribution in [3.63, 3.8) is 0 Å². The van der Waals surface area contributed by atoms with Crippen molar-refractivity contribution in [3.8, 4) is 0 Å². The first-order valence-electron chi connectivity index (χ1n) is 6.85. The molecule has 0 saturated carbocycles. The van der Waals surface area contributed by atoms with E-state index >= 15 is 0 Å². The lowest BCUT2D eigenvalue weighted by molar-refractivity contribution is -0.115. The fraction of sp³-hybridized carbons (Fsp3) is 0.0588. The van der Waals surface area contributed by atoms with Crippen molar-refractivity contribution < 1.29 is 9.18 Å². The molecule has 1 amide bonds. The van der Waals surface area contributed by atoms with Crippen molar-refractivity contribution in [2.75, 3.05) is 0 Å². The van der Waals surface area contributed by atoms with E-state index in [1.807, 2.05) is 24.3 Å². The van der Waals surface area contributed by atoms with Crippen LogP contribution in [0, 0.1) is 5.82 Å². The molecule has 2 aromatic rings. The average Bonchev–Trinajstić information content (AvgIpc) is 2.88. The highest BCUT2D eigenvalue weighted by Crippen LogP contribution is 2.23. The van der Waals surface area contributed by atoms with E-state index in [4.69, 9.17) is 11.6 Å². The van der Waals surface area contributed by atoms with Gasteiger partial charge in [0.25, 0.3) is 5.91 Å². The highest BCUT2D eigenvalue weighted by atomic mass is 35.5. The van der Waals surface area contributed by atoms with Gasteiger partial charge in [-0.05, 0) is 35.4 Å². The molecular formula is C17H12ClFN2OS. The predicted octanol–water partition coefficient (Wildman–Crippen LogP) is 4.24. The van der Waals surface area contributed by atoms with E-state index in [0.717, 1.165) is 11.1 Å². The van der Waals surface area contributed by atoms with E-state index < -0.39 is 0 Å². The van der Waals surface area contributed by atoms with Crippen molar-refractivity contribution >= 4 is 40.5 Å². The number of benzene rings is 2. The lowest BCUT2D eigenvalue weighted by Gasteiger charge is -2.01. The van der Waals surface area contributed by atoms with Crippen LogP contribution >= 0.6 is 23.4 Å². The SMILES string of the molecule is O=C1NC(SCc2cccc(F)c2)=NC1=Cc1ccccc1Cl. The van der Waals surface area contributed by atoms with Gasteiger partial charge in [0, 0.05) is 10.8 Å². The summed E-state index contributed by atoms with van der Waals surface area (Å²) in [4.78, 5) is 16.2. The Labute approximate surface area is 142 Å². The maximum atomic E-state index is 13.1. The number of hydrogen-bond acceptors (Lipinski definition) is 3. The average molecular weight is 347 g/mol. The van der Waals surface area contributed by atoms with Gasteiger partial charge >= 0.3 is 0 Å². The van der Waals surface area contributed by atoms with Crippen LogP contribution in [0.3, 0.4) is 0 Å². The Kier molecular flexibility index (Phi) is 4.79. The third-order valence-electron chi connectivity index (χ3n) is 3.14. The molecule has 3 rings (SSSR count). The first-order chi connectivity index (χ1) is 11.1. The second kappa shape index (κ2) is 6.98. The van der Waals surface area contributed by atoms with Gasteiger partial charge in [-0.25, -0.2) is 9.38 Å². The van der Waals surface area contributed by atoms with Crippen molar-refractivity contribution in [1.29, 1.82) is 0 Å². The highest BCUT2D eigenvalue weighted by Gasteiger charge is 2.20. The molecule has 0 radical (unpaired) electrons. The van der Waals surface area contributed by atoms with Gasteiger partial charge in [-0.2, -0.15) is 0 Å². The zero-order valence-electron chi connectivity index (χ0n) is 11.9. The predicted molar refractivity (Wildman–Crippen MR) is 92.7 cm³/mol. The first kappa shape index (κ1) is 15.8. The van der Waals surface area contributed by atoms with Crippen LogP contribution in [0.4, 0.5) is 4.39 Å².